The fourth-order valence-electron chi connectivity index (χ4n) is 6.83. The first kappa shape index (κ1) is 65.0. The first-order valence-corrected chi connectivity index (χ1v) is 27.6. The Labute approximate surface area is 429 Å². The predicted octanol–water partition coefficient (Wildman–Crippen LogP) is 18.6. The van der Waals surface area contributed by atoms with Gasteiger partial charge in [-0.2, -0.15) is 0 Å². The molecular formula is C64H98O6. The highest BCUT2D eigenvalue weighted by Crippen LogP contribution is 2.13. The van der Waals surface area contributed by atoms with E-state index in [0.29, 0.717) is 12.8 Å². The molecule has 1 unspecified atom stereocenters. The second kappa shape index (κ2) is 56.6. The van der Waals surface area contributed by atoms with Gasteiger partial charge >= 0.3 is 17.9 Å². The first-order chi connectivity index (χ1) is 34.5. The third-order valence-electron chi connectivity index (χ3n) is 10.9. The summed E-state index contributed by atoms with van der Waals surface area (Å²) in [5, 5.41) is 0. The monoisotopic (exact) mass is 963 g/mol. The zero-order valence-corrected chi connectivity index (χ0v) is 44.5. The van der Waals surface area contributed by atoms with Crippen LogP contribution in [0.15, 0.2) is 158 Å². The van der Waals surface area contributed by atoms with Crippen molar-refractivity contribution >= 4 is 17.9 Å². The minimum absolute atomic E-state index is 0.125. The smallest absolute Gasteiger partial charge is 0.306 e. The number of carbonyl (C=O) groups is 3. The summed E-state index contributed by atoms with van der Waals surface area (Å²) in [6.45, 7) is 6.24. The Morgan fingerprint density at radius 1 is 0.314 bits per heavy atom. The van der Waals surface area contributed by atoms with E-state index in [9.17, 15) is 14.4 Å². The summed E-state index contributed by atoms with van der Waals surface area (Å²) < 4.78 is 16.7. The van der Waals surface area contributed by atoms with E-state index >= 15 is 0 Å². The molecule has 0 aromatic carbocycles. The van der Waals surface area contributed by atoms with E-state index in [0.717, 1.165) is 122 Å². The summed E-state index contributed by atoms with van der Waals surface area (Å²) >= 11 is 0. The van der Waals surface area contributed by atoms with Crippen LogP contribution in [0.3, 0.4) is 0 Å². The first-order valence-electron chi connectivity index (χ1n) is 27.6. The molecule has 0 N–H and O–H groups in total. The molecule has 390 valence electrons. The largest absolute Gasteiger partial charge is 0.462 e. The van der Waals surface area contributed by atoms with Crippen molar-refractivity contribution in [3.05, 3.63) is 158 Å². The average Bonchev–Trinajstić information content (AvgIpc) is 3.36. The fraction of sp³-hybridized carbons (Fsp3) is 0.547. The Bertz CT molecular complexity index is 1620. The molecule has 70 heavy (non-hydrogen) atoms. The minimum atomic E-state index is -0.835. The Balaban J connectivity index is 4.61. The van der Waals surface area contributed by atoms with Gasteiger partial charge in [0.15, 0.2) is 6.10 Å². The minimum Gasteiger partial charge on any atom is -0.462 e. The molecule has 0 saturated carbocycles. The molecule has 0 aromatic heterocycles. The van der Waals surface area contributed by atoms with Crippen molar-refractivity contribution in [2.45, 2.75) is 213 Å². The predicted molar refractivity (Wildman–Crippen MR) is 302 cm³/mol. The van der Waals surface area contributed by atoms with Gasteiger partial charge in [-0.25, -0.2) is 0 Å². The van der Waals surface area contributed by atoms with Crippen LogP contribution in [0.2, 0.25) is 0 Å². The third kappa shape index (κ3) is 54.0. The SMILES string of the molecule is CC\C=C/C=C\C=C/CCCCCCCCCC(=O)OCC(COC(=O)CC/C=C\C/C=C\C/C=C\C/C=C\C/C=C\C/C=C\CC)OC(=O)CCCCCCC\C=C/C=C\C=C/C=C\CCCCC. The standard InChI is InChI=1S/C64H98O6/c1-4-7-10-13-16-19-22-25-28-30-32-34-36-39-42-45-48-51-54-57-63(66)69-60-61(59-68-62(65)56-53-50-47-44-41-38-35-27-24-21-18-15-12-9-6-3)70-64(67)58-55-52-49-46-43-40-37-33-31-29-26-23-20-17-14-11-8-5-2/h7,9-10,12,15-21,23-26,28-29,31-34,37,39,42,48,51,61H,4-6,8,11,13-14,22,27,30,35-36,38,40-41,43-47,49-50,52-60H2,1-3H3/b10-7-,12-9-,18-15-,19-16-,20-17-,24-21-,26-23-,28-25-,31-29-,34-32-,37-33-,42-39-,51-48-. The van der Waals surface area contributed by atoms with Crippen molar-refractivity contribution < 1.29 is 28.6 Å². The van der Waals surface area contributed by atoms with E-state index in [2.05, 4.69) is 167 Å². The van der Waals surface area contributed by atoms with Crippen LogP contribution >= 0.6 is 0 Å². The van der Waals surface area contributed by atoms with Crippen LogP contribution in [0.4, 0.5) is 0 Å². The summed E-state index contributed by atoms with van der Waals surface area (Å²) in [4.78, 5) is 38.1. The number of carbonyl (C=O) groups excluding carboxylic acids is 3. The normalized spacial score (nSPS) is 13.4. The maximum Gasteiger partial charge on any atom is 0.306 e. The fourth-order valence-corrected chi connectivity index (χ4v) is 6.83. The van der Waals surface area contributed by atoms with Crippen LogP contribution in [0, 0.1) is 0 Å². The molecule has 6 heteroatoms. The molecular weight excluding hydrogens is 865 g/mol. The lowest BCUT2D eigenvalue weighted by atomic mass is 10.1. The molecule has 0 aromatic rings. The van der Waals surface area contributed by atoms with Crippen LogP contribution in [-0.2, 0) is 28.6 Å². The number of rotatable bonds is 47. The molecule has 0 spiro atoms. The van der Waals surface area contributed by atoms with Crippen molar-refractivity contribution in [2.24, 2.45) is 0 Å². The van der Waals surface area contributed by atoms with Crippen molar-refractivity contribution in [1.29, 1.82) is 0 Å². The van der Waals surface area contributed by atoms with Crippen LogP contribution in [0.5, 0.6) is 0 Å². The summed E-state index contributed by atoms with van der Waals surface area (Å²) in [5.41, 5.74) is 0. The Kier molecular flexibility index (Phi) is 52.6. The summed E-state index contributed by atoms with van der Waals surface area (Å²) in [6.07, 6.45) is 82.3. The molecule has 0 aliphatic rings. The Morgan fingerprint density at radius 2 is 0.657 bits per heavy atom. The van der Waals surface area contributed by atoms with E-state index in [1.807, 2.05) is 12.2 Å². The van der Waals surface area contributed by atoms with Gasteiger partial charge in [0.2, 0.25) is 0 Å². The molecule has 0 amide bonds. The number of unbranched alkanes of at least 4 members (excludes halogenated alkanes) is 15. The summed E-state index contributed by atoms with van der Waals surface area (Å²) in [5.74, 6) is -1.06. The van der Waals surface area contributed by atoms with E-state index in [4.69, 9.17) is 14.2 Å². The van der Waals surface area contributed by atoms with E-state index in [1.54, 1.807) is 0 Å². The maximum atomic E-state index is 12.8. The number of allylic oxidation sites excluding steroid dienone is 26. The van der Waals surface area contributed by atoms with Crippen molar-refractivity contribution in [3.8, 4) is 0 Å². The van der Waals surface area contributed by atoms with Gasteiger partial charge in [-0.3, -0.25) is 14.4 Å². The number of hydrogen-bond donors (Lipinski definition) is 0. The number of ether oxygens (including phenoxy) is 3. The van der Waals surface area contributed by atoms with Crippen molar-refractivity contribution in [3.63, 3.8) is 0 Å². The van der Waals surface area contributed by atoms with Gasteiger partial charge < -0.3 is 14.2 Å². The lowest BCUT2D eigenvalue weighted by molar-refractivity contribution is -0.166. The Hall–Kier alpha value is -4.97. The van der Waals surface area contributed by atoms with Crippen LogP contribution in [-0.4, -0.2) is 37.2 Å². The van der Waals surface area contributed by atoms with Crippen LogP contribution in [0.25, 0.3) is 0 Å². The highest BCUT2D eigenvalue weighted by molar-refractivity contribution is 5.71. The molecule has 0 heterocycles. The van der Waals surface area contributed by atoms with Gasteiger partial charge in [-0.05, 0) is 103 Å². The second-order valence-electron chi connectivity index (χ2n) is 17.5. The third-order valence-corrected chi connectivity index (χ3v) is 10.9. The molecule has 0 aliphatic heterocycles. The molecule has 0 saturated heterocycles. The van der Waals surface area contributed by atoms with Crippen LogP contribution < -0.4 is 0 Å². The maximum absolute atomic E-state index is 12.8. The Morgan fingerprint density at radius 3 is 1.10 bits per heavy atom. The zero-order valence-electron chi connectivity index (χ0n) is 44.5. The number of esters is 3. The quantitative estimate of drug-likeness (QED) is 0.0199. The summed E-state index contributed by atoms with van der Waals surface area (Å²) in [6, 6.07) is 0. The van der Waals surface area contributed by atoms with Gasteiger partial charge in [0.25, 0.3) is 0 Å². The molecule has 0 rings (SSSR count). The van der Waals surface area contributed by atoms with Gasteiger partial charge in [0.05, 0.1) is 0 Å². The zero-order chi connectivity index (χ0) is 50.7. The second-order valence-corrected chi connectivity index (χ2v) is 17.5. The molecule has 6 nitrogen and oxygen atoms in total. The highest BCUT2D eigenvalue weighted by Gasteiger charge is 2.19. The van der Waals surface area contributed by atoms with Gasteiger partial charge in [0, 0.05) is 19.3 Å². The lowest BCUT2D eigenvalue weighted by Gasteiger charge is -2.18. The van der Waals surface area contributed by atoms with Crippen molar-refractivity contribution in [2.75, 3.05) is 13.2 Å². The highest BCUT2D eigenvalue weighted by atomic mass is 16.6. The van der Waals surface area contributed by atoms with Gasteiger partial charge in [-0.1, -0.05) is 243 Å². The van der Waals surface area contributed by atoms with Crippen LogP contribution in [0.1, 0.15) is 207 Å². The van der Waals surface area contributed by atoms with E-state index < -0.39 is 6.10 Å². The topological polar surface area (TPSA) is 78.9 Å². The molecule has 0 radical (unpaired) electrons. The molecule has 1 atom stereocenters. The van der Waals surface area contributed by atoms with Gasteiger partial charge in [-0.15, -0.1) is 0 Å². The van der Waals surface area contributed by atoms with Gasteiger partial charge in [0.1, 0.15) is 13.2 Å². The molecule has 0 fully saturated rings. The summed E-state index contributed by atoms with van der Waals surface area (Å²) in [7, 11) is 0. The lowest BCUT2D eigenvalue weighted by Crippen LogP contribution is -2.30. The van der Waals surface area contributed by atoms with Crippen molar-refractivity contribution in [1.82, 2.24) is 0 Å². The van der Waals surface area contributed by atoms with E-state index in [1.165, 1.54) is 38.5 Å². The average molecular weight is 963 g/mol. The molecule has 0 bridgehead atoms. The molecule has 0 aliphatic carbocycles. The number of hydrogen-bond acceptors (Lipinski definition) is 6. The van der Waals surface area contributed by atoms with E-state index in [-0.39, 0.29) is 44.0 Å².